The SMILES string of the molecule is CC(CO)CCSCCO. The lowest BCUT2D eigenvalue weighted by atomic mass is 10.1. The molecule has 0 heterocycles. The van der Waals surface area contributed by atoms with Crippen molar-refractivity contribution >= 4 is 11.8 Å². The molecular weight excluding hydrogens is 148 g/mol. The van der Waals surface area contributed by atoms with Crippen molar-refractivity contribution in [2.24, 2.45) is 5.92 Å². The van der Waals surface area contributed by atoms with Crippen molar-refractivity contribution in [2.75, 3.05) is 24.7 Å². The number of rotatable bonds is 6. The Morgan fingerprint density at radius 2 is 2.00 bits per heavy atom. The molecule has 0 saturated heterocycles. The fourth-order valence-electron chi connectivity index (χ4n) is 0.542. The summed E-state index contributed by atoms with van der Waals surface area (Å²) in [6, 6.07) is 0. The number of aliphatic hydroxyl groups is 2. The van der Waals surface area contributed by atoms with Crippen molar-refractivity contribution in [3.05, 3.63) is 0 Å². The van der Waals surface area contributed by atoms with Crippen LogP contribution in [-0.2, 0) is 0 Å². The van der Waals surface area contributed by atoms with Crippen LogP contribution in [0.25, 0.3) is 0 Å². The van der Waals surface area contributed by atoms with Gasteiger partial charge in [0.05, 0.1) is 6.61 Å². The lowest BCUT2D eigenvalue weighted by Crippen LogP contribution is -2.02. The largest absolute Gasteiger partial charge is 0.396 e. The molecule has 1 unspecified atom stereocenters. The van der Waals surface area contributed by atoms with Gasteiger partial charge in [-0.1, -0.05) is 6.92 Å². The van der Waals surface area contributed by atoms with Crippen LogP contribution in [0.4, 0.5) is 0 Å². The third kappa shape index (κ3) is 6.39. The van der Waals surface area contributed by atoms with E-state index in [1.165, 1.54) is 0 Å². The van der Waals surface area contributed by atoms with Gasteiger partial charge in [0.1, 0.15) is 0 Å². The van der Waals surface area contributed by atoms with Crippen LogP contribution in [0.5, 0.6) is 0 Å². The molecule has 1 atom stereocenters. The van der Waals surface area contributed by atoms with Crippen LogP contribution >= 0.6 is 11.8 Å². The molecule has 0 aromatic heterocycles. The first kappa shape index (κ1) is 10.3. The van der Waals surface area contributed by atoms with E-state index in [1.54, 1.807) is 11.8 Å². The Bertz CT molecular complexity index is 68.6. The third-order valence-corrected chi connectivity index (χ3v) is 2.30. The first-order valence-electron chi connectivity index (χ1n) is 3.60. The van der Waals surface area contributed by atoms with E-state index in [2.05, 4.69) is 0 Å². The van der Waals surface area contributed by atoms with Gasteiger partial charge in [-0.15, -0.1) is 0 Å². The molecule has 0 rings (SSSR count). The summed E-state index contributed by atoms with van der Waals surface area (Å²) in [7, 11) is 0. The molecule has 0 aliphatic carbocycles. The number of hydrogen-bond donors (Lipinski definition) is 2. The monoisotopic (exact) mass is 164 g/mol. The maximum atomic E-state index is 8.63. The molecule has 0 spiro atoms. The maximum absolute atomic E-state index is 8.63. The molecule has 0 aliphatic heterocycles. The van der Waals surface area contributed by atoms with Crippen molar-refractivity contribution in [1.29, 1.82) is 0 Å². The molecule has 0 radical (unpaired) electrons. The zero-order valence-corrected chi connectivity index (χ0v) is 7.23. The predicted molar refractivity (Wildman–Crippen MR) is 45.3 cm³/mol. The Hall–Kier alpha value is 0.270. The molecule has 0 bridgehead atoms. The smallest absolute Gasteiger partial charge is 0.0521 e. The minimum absolute atomic E-state index is 0.262. The van der Waals surface area contributed by atoms with Gasteiger partial charge in [0, 0.05) is 12.4 Å². The minimum atomic E-state index is 0.262. The Morgan fingerprint density at radius 3 is 2.50 bits per heavy atom. The highest BCUT2D eigenvalue weighted by Crippen LogP contribution is 2.07. The fraction of sp³-hybridized carbons (Fsp3) is 1.00. The van der Waals surface area contributed by atoms with E-state index >= 15 is 0 Å². The summed E-state index contributed by atoms with van der Waals surface area (Å²) in [5, 5.41) is 17.1. The fourth-order valence-corrected chi connectivity index (χ4v) is 1.44. The van der Waals surface area contributed by atoms with Gasteiger partial charge in [0.15, 0.2) is 0 Å². The van der Waals surface area contributed by atoms with E-state index in [-0.39, 0.29) is 13.2 Å². The Morgan fingerprint density at radius 1 is 1.30 bits per heavy atom. The molecule has 62 valence electrons. The highest BCUT2D eigenvalue weighted by Gasteiger charge is 1.98. The molecular formula is C7H16O2S. The molecule has 0 saturated carbocycles. The third-order valence-electron chi connectivity index (χ3n) is 1.30. The van der Waals surface area contributed by atoms with E-state index in [4.69, 9.17) is 10.2 Å². The summed E-state index contributed by atoms with van der Waals surface area (Å²) in [5.41, 5.74) is 0. The number of hydrogen-bond acceptors (Lipinski definition) is 3. The van der Waals surface area contributed by atoms with E-state index in [0.29, 0.717) is 5.92 Å². The Kier molecular flexibility index (Phi) is 7.58. The summed E-state index contributed by atoms with van der Waals surface area (Å²) in [6.45, 7) is 2.57. The van der Waals surface area contributed by atoms with Gasteiger partial charge in [0.2, 0.25) is 0 Å². The second-order valence-electron chi connectivity index (χ2n) is 2.41. The van der Waals surface area contributed by atoms with Crippen molar-refractivity contribution in [1.82, 2.24) is 0 Å². The molecule has 0 fully saturated rings. The highest BCUT2D eigenvalue weighted by molar-refractivity contribution is 7.99. The first-order chi connectivity index (χ1) is 4.81. The summed E-state index contributed by atoms with van der Waals surface area (Å²) < 4.78 is 0. The van der Waals surface area contributed by atoms with Crippen LogP contribution in [0.2, 0.25) is 0 Å². The van der Waals surface area contributed by atoms with E-state index in [9.17, 15) is 0 Å². The van der Waals surface area contributed by atoms with Gasteiger partial charge >= 0.3 is 0 Å². The van der Waals surface area contributed by atoms with E-state index in [1.807, 2.05) is 6.92 Å². The summed E-state index contributed by atoms with van der Waals surface area (Å²) in [5.74, 6) is 2.27. The molecule has 2 nitrogen and oxygen atoms in total. The lowest BCUT2D eigenvalue weighted by molar-refractivity contribution is 0.235. The average molecular weight is 164 g/mol. The van der Waals surface area contributed by atoms with Gasteiger partial charge < -0.3 is 10.2 Å². The van der Waals surface area contributed by atoms with E-state index < -0.39 is 0 Å². The molecule has 0 amide bonds. The van der Waals surface area contributed by atoms with Crippen LogP contribution < -0.4 is 0 Å². The molecule has 0 aromatic rings. The van der Waals surface area contributed by atoms with Crippen molar-refractivity contribution in [2.45, 2.75) is 13.3 Å². The van der Waals surface area contributed by atoms with Gasteiger partial charge in [-0.05, 0) is 18.1 Å². The van der Waals surface area contributed by atoms with Crippen molar-refractivity contribution in [3.8, 4) is 0 Å². The maximum Gasteiger partial charge on any atom is 0.0521 e. The molecule has 3 heteroatoms. The Labute approximate surface area is 66.6 Å². The topological polar surface area (TPSA) is 40.5 Å². The second-order valence-corrected chi connectivity index (χ2v) is 3.64. The highest BCUT2D eigenvalue weighted by atomic mass is 32.2. The van der Waals surface area contributed by atoms with Crippen molar-refractivity contribution in [3.63, 3.8) is 0 Å². The lowest BCUT2D eigenvalue weighted by Gasteiger charge is -2.05. The van der Waals surface area contributed by atoms with Gasteiger partial charge in [0.25, 0.3) is 0 Å². The van der Waals surface area contributed by atoms with E-state index in [0.717, 1.165) is 17.9 Å². The molecule has 10 heavy (non-hydrogen) atoms. The summed E-state index contributed by atoms with van der Waals surface area (Å²) in [6.07, 6.45) is 1.04. The van der Waals surface area contributed by atoms with Crippen LogP contribution in [0.1, 0.15) is 13.3 Å². The molecule has 0 aromatic carbocycles. The van der Waals surface area contributed by atoms with Crippen LogP contribution in [0, 0.1) is 5.92 Å². The normalized spacial score (nSPS) is 13.5. The number of aliphatic hydroxyl groups excluding tert-OH is 2. The van der Waals surface area contributed by atoms with Crippen LogP contribution in [0.3, 0.4) is 0 Å². The second kappa shape index (κ2) is 7.38. The number of thioether (sulfide) groups is 1. The van der Waals surface area contributed by atoms with Crippen molar-refractivity contribution < 1.29 is 10.2 Å². The van der Waals surface area contributed by atoms with Crippen LogP contribution in [-0.4, -0.2) is 34.9 Å². The Balaban J connectivity index is 2.89. The quantitative estimate of drug-likeness (QED) is 0.569. The summed E-state index contributed by atoms with van der Waals surface area (Å²) in [4.78, 5) is 0. The first-order valence-corrected chi connectivity index (χ1v) is 4.76. The molecule has 2 N–H and O–H groups in total. The van der Waals surface area contributed by atoms with Gasteiger partial charge in [-0.3, -0.25) is 0 Å². The van der Waals surface area contributed by atoms with Gasteiger partial charge in [-0.2, -0.15) is 11.8 Å². The zero-order valence-electron chi connectivity index (χ0n) is 6.42. The summed E-state index contributed by atoms with van der Waals surface area (Å²) >= 11 is 1.74. The predicted octanol–water partition coefficient (Wildman–Crippen LogP) is 0.730. The zero-order chi connectivity index (χ0) is 7.82. The van der Waals surface area contributed by atoms with Crippen LogP contribution in [0.15, 0.2) is 0 Å². The van der Waals surface area contributed by atoms with Gasteiger partial charge in [-0.25, -0.2) is 0 Å². The minimum Gasteiger partial charge on any atom is -0.396 e. The average Bonchev–Trinajstić information content (AvgIpc) is 1.98. The standard InChI is InChI=1S/C7H16O2S/c1-7(6-9)2-4-10-5-3-8/h7-9H,2-6H2,1H3. The molecule has 0 aliphatic rings.